The second-order valence-electron chi connectivity index (χ2n) is 6.21. The van der Waals surface area contributed by atoms with Crippen molar-refractivity contribution < 1.29 is 31.0 Å². The van der Waals surface area contributed by atoms with Crippen LogP contribution in [0.25, 0.3) is 0 Å². The van der Waals surface area contributed by atoms with Crippen molar-refractivity contribution in [2.45, 2.75) is 52.3 Å². The quantitative estimate of drug-likeness (QED) is 0.466. The summed E-state index contributed by atoms with van der Waals surface area (Å²) < 4.78 is 6.00. The van der Waals surface area contributed by atoms with Gasteiger partial charge in [0, 0.05) is 12.8 Å². The maximum absolute atomic E-state index is 11.8. The third-order valence-corrected chi connectivity index (χ3v) is 2.85. The minimum Gasteiger partial charge on any atom is -1.00 e. The van der Waals surface area contributed by atoms with Gasteiger partial charge in [-0.1, -0.05) is 6.92 Å². The Labute approximate surface area is 128 Å². The number of ether oxygens (including phenoxy) is 1. The molecule has 19 heavy (non-hydrogen) atoms. The number of amides is 1. The van der Waals surface area contributed by atoms with Gasteiger partial charge in [0.05, 0.1) is 20.6 Å². The predicted octanol–water partition coefficient (Wildman–Crippen LogP) is -1.32. The number of nitrogens with two attached hydrogens (primary N) is 1. The van der Waals surface area contributed by atoms with E-state index in [1.807, 2.05) is 20.8 Å². The highest BCUT2D eigenvalue weighted by Gasteiger charge is 2.29. The summed E-state index contributed by atoms with van der Waals surface area (Å²) in [6, 6.07) is 0. The van der Waals surface area contributed by atoms with Crippen molar-refractivity contribution in [1.82, 2.24) is 5.32 Å². The van der Waals surface area contributed by atoms with Gasteiger partial charge >= 0.3 is 6.09 Å². The smallest absolute Gasteiger partial charge is 0.412 e. The molecule has 0 radical (unpaired) electrons. The maximum atomic E-state index is 11.8. The lowest BCUT2D eigenvalue weighted by Gasteiger charge is -2.38. The number of halogens is 1. The van der Waals surface area contributed by atoms with Crippen molar-refractivity contribution in [2.75, 3.05) is 27.2 Å². The molecule has 0 aromatic carbocycles. The molecule has 0 heterocycles. The molecule has 0 saturated heterocycles. The van der Waals surface area contributed by atoms with Crippen molar-refractivity contribution in [2.24, 2.45) is 5.73 Å². The number of carbonyl (C=O) groups excluding carboxylic acids is 1. The Morgan fingerprint density at radius 3 is 2.26 bits per heavy atom. The molecule has 116 valence electrons. The topological polar surface area (TPSA) is 64.3 Å². The molecule has 6 heteroatoms. The molecule has 0 spiro atoms. The normalized spacial score (nSPS) is 13.4. The number of hydrogen-bond donors (Lipinski definition) is 2. The van der Waals surface area contributed by atoms with Crippen LogP contribution in [-0.4, -0.2) is 49.5 Å². The molecule has 0 fully saturated rings. The van der Waals surface area contributed by atoms with Gasteiger partial charge in [0.2, 0.25) is 0 Å². The van der Waals surface area contributed by atoms with Crippen LogP contribution in [0, 0.1) is 0 Å². The van der Waals surface area contributed by atoms with Crippen LogP contribution in [0.5, 0.6) is 0 Å². The molecule has 0 bridgehead atoms. The summed E-state index contributed by atoms with van der Waals surface area (Å²) in [5.41, 5.74) is 5.08. The molecule has 3 N–H and O–H groups in total. The Kier molecular flexibility index (Phi) is 9.68. The van der Waals surface area contributed by atoms with Crippen molar-refractivity contribution in [3.63, 3.8) is 0 Å². The molecular formula is C13H30BrN3O2. The maximum Gasteiger partial charge on any atom is 0.412 e. The van der Waals surface area contributed by atoms with Crippen LogP contribution in [0.15, 0.2) is 0 Å². The summed E-state index contributed by atoms with van der Waals surface area (Å²) >= 11 is 0. The molecule has 1 unspecified atom stereocenters. The predicted molar refractivity (Wildman–Crippen MR) is 74.1 cm³/mol. The average molecular weight is 340 g/mol. The molecule has 0 aromatic rings. The monoisotopic (exact) mass is 339 g/mol. The zero-order chi connectivity index (χ0) is 14.4. The van der Waals surface area contributed by atoms with E-state index >= 15 is 0 Å². The van der Waals surface area contributed by atoms with Gasteiger partial charge < -0.3 is 31.9 Å². The number of nitrogens with zero attached hydrogens (tertiary/aromatic N) is 1. The van der Waals surface area contributed by atoms with Crippen molar-refractivity contribution in [1.29, 1.82) is 0 Å². The van der Waals surface area contributed by atoms with Gasteiger partial charge in [-0.05, 0) is 27.3 Å². The largest absolute Gasteiger partial charge is 1.00 e. The second kappa shape index (κ2) is 8.76. The third-order valence-electron chi connectivity index (χ3n) is 2.85. The van der Waals surface area contributed by atoms with E-state index in [0.29, 0.717) is 11.0 Å². The van der Waals surface area contributed by atoms with Crippen LogP contribution < -0.4 is 28.0 Å². The van der Waals surface area contributed by atoms with Crippen LogP contribution >= 0.6 is 0 Å². The number of hydrogen-bond acceptors (Lipinski definition) is 3. The highest BCUT2D eigenvalue weighted by molar-refractivity contribution is 5.67. The molecule has 1 atom stereocenters. The van der Waals surface area contributed by atoms with E-state index in [2.05, 4.69) is 26.3 Å². The zero-order valence-electron chi connectivity index (χ0n) is 13.1. The van der Waals surface area contributed by atoms with E-state index in [4.69, 9.17) is 10.5 Å². The van der Waals surface area contributed by atoms with Gasteiger partial charge in [0.1, 0.15) is 5.60 Å². The summed E-state index contributed by atoms with van der Waals surface area (Å²) in [4.78, 5) is 11.8. The zero-order valence-corrected chi connectivity index (χ0v) is 14.7. The van der Waals surface area contributed by atoms with Crippen LogP contribution in [0.1, 0.15) is 40.5 Å². The third kappa shape index (κ3) is 9.24. The Balaban J connectivity index is 0. The molecule has 5 nitrogen and oxygen atoms in total. The van der Waals surface area contributed by atoms with E-state index in [1.54, 1.807) is 0 Å². The average Bonchev–Trinajstić information content (AvgIpc) is 2.20. The van der Waals surface area contributed by atoms with Gasteiger partial charge in [-0.3, -0.25) is 5.32 Å². The van der Waals surface area contributed by atoms with E-state index in [0.717, 1.165) is 19.4 Å². The Morgan fingerprint density at radius 1 is 1.37 bits per heavy atom. The Hall–Kier alpha value is -0.330. The Morgan fingerprint density at radius 2 is 1.89 bits per heavy atom. The van der Waals surface area contributed by atoms with E-state index in [9.17, 15) is 4.79 Å². The fourth-order valence-corrected chi connectivity index (χ4v) is 1.87. The summed E-state index contributed by atoms with van der Waals surface area (Å²) in [5, 5.41) is 2.94. The first kappa shape index (κ1) is 21.0. The van der Waals surface area contributed by atoms with Gasteiger partial charge in [-0.2, -0.15) is 0 Å². The first-order valence-corrected chi connectivity index (χ1v) is 6.64. The van der Waals surface area contributed by atoms with E-state index in [1.165, 1.54) is 0 Å². The van der Waals surface area contributed by atoms with Crippen LogP contribution in [0.3, 0.4) is 0 Å². The molecule has 0 saturated carbocycles. The van der Waals surface area contributed by atoms with Crippen LogP contribution in [0.4, 0.5) is 4.79 Å². The second-order valence-corrected chi connectivity index (χ2v) is 6.21. The van der Waals surface area contributed by atoms with E-state index in [-0.39, 0.29) is 29.2 Å². The summed E-state index contributed by atoms with van der Waals surface area (Å²) in [5.74, 6) is 0. The van der Waals surface area contributed by atoms with Gasteiger partial charge in [-0.15, -0.1) is 0 Å². The standard InChI is InChI=1S/C13H29N3O2.BrH/c1-7-11(16(5,6)10-8-9-14)15-12(17)18-13(2,3)4;/h11H,7-10,14H2,1-6H3;1H. The number of alkyl carbamates (subject to hydrolysis) is 1. The number of carbonyl (C=O) groups is 1. The van der Waals surface area contributed by atoms with Crippen LogP contribution in [-0.2, 0) is 4.74 Å². The first-order chi connectivity index (χ1) is 8.12. The minimum absolute atomic E-state index is 0. The van der Waals surface area contributed by atoms with E-state index < -0.39 is 5.60 Å². The van der Waals surface area contributed by atoms with Crippen molar-refractivity contribution in [3.05, 3.63) is 0 Å². The van der Waals surface area contributed by atoms with Crippen molar-refractivity contribution >= 4 is 6.09 Å². The lowest BCUT2D eigenvalue weighted by Crippen LogP contribution is -3.00. The molecule has 0 rings (SSSR count). The van der Waals surface area contributed by atoms with Gasteiger partial charge in [-0.25, -0.2) is 4.79 Å². The fraction of sp³-hybridized carbons (Fsp3) is 0.923. The summed E-state index contributed by atoms with van der Waals surface area (Å²) in [6.07, 6.45) is 1.50. The highest BCUT2D eigenvalue weighted by atomic mass is 79.9. The number of rotatable bonds is 6. The molecule has 0 aromatic heterocycles. The van der Waals surface area contributed by atoms with Crippen LogP contribution in [0.2, 0.25) is 0 Å². The molecule has 1 amide bonds. The molecule has 0 aliphatic heterocycles. The molecule has 0 aliphatic rings. The lowest BCUT2D eigenvalue weighted by molar-refractivity contribution is -0.917. The van der Waals surface area contributed by atoms with Gasteiger partial charge in [0.15, 0.2) is 6.17 Å². The number of quaternary nitrogens is 1. The molecular weight excluding hydrogens is 310 g/mol. The number of nitrogens with one attached hydrogen (secondary N) is 1. The highest BCUT2D eigenvalue weighted by Crippen LogP contribution is 2.11. The minimum atomic E-state index is -0.462. The van der Waals surface area contributed by atoms with Gasteiger partial charge in [0.25, 0.3) is 0 Å². The summed E-state index contributed by atoms with van der Waals surface area (Å²) in [7, 11) is 4.20. The fourth-order valence-electron chi connectivity index (χ4n) is 1.87. The first-order valence-electron chi connectivity index (χ1n) is 6.64. The lowest BCUT2D eigenvalue weighted by atomic mass is 10.2. The molecule has 0 aliphatic carbocycles. The Bertz CT molecular complexity index is 265. The SMILES string of the molecule is CCC(NC(=O)OC(C)(C)C)[N+](C)(C)CCCN.[Br-]. The summed E-state index contributed by atoms with van der Waals surface area (Å²) in [6.45, 7) is 9.26. The van der Waals surface area contributed by atoms with Crippen molar-refractivity contribution in [3.8, 4) is 0 Å².